The van der Waals surface area contributed by atoms with Gasteiger partial charge in [0, 0.05) is 5.56 Å². The average molecular weight is 142 g/mol. The molecule has 3 heteroatoms. The minimum Gasteiger partial charge on any atom is -0.272 e. The predicted octanol–water partition coefficient (Wildman–Crippen LogP) is 1.83. The number of thioether (sulfide) groups is 1. The highest BCUT2D eigenvalue weighted by Gasteiger charge is 1.96. The summed E-state index contributed by atoms with van der Waals surface area (Å²) in [5.74, 6) is 1.10. The van der Waals surface area contributed by atoms with Gasteiger partial charge in [-0.15, -0.1) is 11.8 Å². The van der Waals surface area contributed by atoms with E-state index in [1.54, 1.807) is 11.8 Å². The number of hydrogen-bond acceptors (Lipinski definition) is 2. The molecule has 0 aromatic carbocycles. The van der Waals surface area contributed by atoms with Gasteiger partial charge in [0.25, 0.3) is 0 Å². The third kappa shape index (κ3) is 1.48. The first-order valence-electron chi connectivity index (χ1n) is 2.97. The minimum atomic E-state index is 1.10. The van der Waals surface area contributed by atoms with E-state index in [4.69, 9.17) is 0 Å². The molecule has 1 aromatic rings. The second kappa shape index (κ2) is 2.92. The van der Waals surface area contributed by atoms with Crippen LogP contribution in [0.15, 0.2) is 11.2 Å². The highest BCUT2D eigenvalue weighted by Crippen LogP contribution is 2.17. The van der Waals surface area contributed by atoms with Crippen LogP contribution in [0.1, 0.15) is 12.5 Å². The van der Waals surface area contributed by atoms with E-state index >= 15 is 0 Å². The Balaban J connectivity index is 2.69. The summed E-state index contributed by atoms with van der Waals surface area (Å²) in [5.41, 5.74) is 1.24. The number of aromatic amines is 1. The van der Waals surface area contributed by atoms with Gasteiger partial charge in [0.2, 0.25) is 0 Å². The van der Waals surface area contributed by atoms with Crippen molar-refractivity contribution in [2.75, 3.05) is 5.75 Å². The third-order valence-electron chi connectivity index (χ3n) is 1.07. The lowest BCUT2D eigenvalue weighted by molar-refractivity contribution is 0.998. The molecule has 0 amide bonds. The summed E-state index contributed by atoms with van der Waals surface area (Å²) in [5, 5.41) is 8.01. The first-order valence-corrected chi connectivity index (χ1v) is 3.96. The summed E-state index contributed by atoms with van der Waals surface area (Å²) >= 11 is 1.79. The van der Waals surface area contributed by atoms with Gasteiger partial charge < -0.3 is 0 Å². The highest BCUT2D eigenvalue weighted by atomic mass is 32.2. The fourth-order valence-electron chi connectivity index (χ4n) is 0.625. The lowest BCUT2D eigenvalue weighted by atomic mass is 10.4. The molecule has 2 nitrogen and oxygen atoms in total. The number of nitrogens with one attached hydrogen (secondary N) is 1. The van der Waals surface area contributed by atoms with Crippen LogP contribution in [0, 0.1) is 6.92 Å². The Morgan fingerprint density at radius 1 is 1.78 bits per heavy atom. The Morgan fingerprint density at radius 3 is 3.00 bits per heavy atom. The molecule has 0 aliphatic carbocycles. The molecule has 0 spiro atoms. The van der Waals surface area contributed by atoms with Crippen LogP contribution in [0.4, 0.5) is 0 Å². The van der Waals surface area contributed by atoms with E-state index in [2.05, 4.69) is 24.0 Å². The molecule has 0 saturated heterocycles. The Morgan fingerprint density at radius 2 is 2.56 bits per heavy atom. The van der Waals surface area contributed by atoms with Crippen LogP contribution in [0.3, 0.4) is 0 Å². The standard InChI is InChI=1S/C6H10N2S/c1-3-9-6-5(2)4-7-8-6/h4H,3H2,1-2H3,(H,7,8). The van der Waals surface area contributed by atoms with Gasteiger partial charge in [-0.3, -0.25) is 5.10 Å². The van der Waals surface area contributed by atoms with Crippen LogP contribution in [0.2, 0.25) is 0 Å². The van der Waals surface area contributed by atoms with Crippen LogP contribution < -0.4 is 0 Å². The molecular weight excluding hydrogens is 132 g/mol. The van der Waals surface area contributed by atoms with E-state index in [0.29, 0.717) is 0 Å². The quantitative estimate of drug-likeness (QED) is 0.638. The third-order valence-corrected chi connectivity index (χ3v) is 2.06. The molecule has 0 unspecified atom stereocenters. The van der Waals surface area contributed by atoms with Gasteiger partial charge in [-0.25, -0.2) is 0 Å². The lowest BCUT2D eigenvalue weighted by Gasteiger charge is -1.91. The van der Waals surface area contributed by atoms with Crippen LogP contribution in [0.25, 0.3) is 0 Å². The van der Waals surface area contributed by atoms with Crippen molar-refractivity contribution in [1.82, 2.24) is 10.2 Å². The summed E-state index contributed by atoms with van der Waals surface area (Å²) in [4.78, 5) is 0. The highest BCUT2D eigenvalue weighted by molar-refractivity contribution is 7.99. The normalized spacial score (nSPS) is 10.0. The average Bonchev–Trinajstić information content (AvgIpc) is 2.18. The number of rotatable bonds is 2. The fraction of sp³-hybridized carbons (Fsp3) is 0.500. The van der Waals surface area contributed by atoms with Crippen molar-refractivity contribution in [1.29, 1.82) is 0 Å². The first kappa shape index (κ1) is 6.68. The molecule has 1 heterocycles. The molecule has 1 N–H and O–H groups in total. The Kier molecular flexibility index (Phi) is 2.16. The largest absolute Gasteiger partial charge is 0.272 e. The molecule has 1 rings (SSSR count). The summed E-state index contributed by atoms with van der Waals surface area (Å²) in [6, 6.07) is 0. The van der Waals surface area contributed by atoms with Crippen molar-refractivity contribution in [3.05, 3.63) is 11.8 Å². The van der Waals surface area contributed by atoms with Crippen molar-refractivity contribution < 1.29 is 0 Å². The van der Waals surface area contributed by atoms with Gasteiger partial charge in [0.05, 0.1) is 11.2 Å². The van der Waals surface area contributed by atoms with E-state index in [1.807, 2.05) is 6.20 Å². The Bertz CT molecular complexity index is 183. The Labute approximate surface area is 59.0 Å². The zero-order chi connectivity index (χ0) is 6.69. The summed E-state index contributed by atoms with van der Waals surface area (Å²) in [7, 11) is 0. The predicted molar refractivity (Wildman–Crippen MR) is 39.7 cm³/mol. The summed E-state index contributed by atoms with van der Waals surface area (Å²) in [6.45, 7) is 4.19. The molecule has 0 fully saturated rings. The molecular formula is C6H10N2S. The van der Waals surface area contributed by atoms with Crippen molar-refractivity contribution in [2.45, 2.75) is 18.9 Å². The van der Waals surface area contributed by atoms with Crippen molar-refractivity contribution in [3.8, 4) is 0 Å². The van der Waals surface area contributed by atoms with E-state index in [9.17, 15) is 0 Å². The maximum atomic E-state index is 3.89. The molecule has 0 bridgehead atoms. The summed E-state index contributed by atoms with van der Waals surface area (Å²) < 4.78 is 0. The van der Waals surface area contributed by atoms with Gasteiger partial charge in [0.1, 0.15) is 0 Å². The topological polar surface area (TPSA) is 28.7 Å². The monoisotopic (exact) mass is 142 g/mol. The smallest absolute Gasteiger partial charge is 0.0936 e. The minimum absolute atomic E-state index is 1.10. The zero-order valence-corrected chi connectivity index (χ0v) is 6.46. The summed E-state index contributed by atoms with van der Waals surface area (Å²) in [6.07, 6.45) is 1.85. The molecule has 0 atom stereocenters. The SMILES string of the molecule is CCSc1[nH]ncc1C. The van der Waals surface area contributed by atoms with E-state index in [1.165, 1.54) is 10.6 Å². The molecule has 0 radical (unpaired) electrons. The van der Waals surface area contributed by atoms with Crippen LogP contribution in [-0.4, -0.2) is 16.0 Å². The maximum absolute atomic E-state index is 3.89. The maximum Gasteiger partial charge on any atom is 0.0936 e. The number of hydrogen-bond donors (Lipinski definition) is 1. The van der Waals surface area contributed by atoms with Crippen LogP contribution in [0.5, 0.6) is 0 Å². The second-order valence-corrected chi connectivity index (χ2v) is 3.09. The van der Waals surface area contributed by atoms with Crippen LogP contribution >= 0.6 is 11.8 Å². The van der Waals surface area contributed by atoms with Gasteiger partial charge in [-0.2, -0.15) is 5.10 Å². The molecule has 0 aliphatic heterocycles. The second-order valence-electron chi connectivity index (χ2n) is 1.82. The van der Waals surface area contributed by atoms with Crippen molar-refractivity contribution in [2.24, 2.45) is 0 Å². The zero-order valence-electron chi connectivity index (χ0n) is 5.64. The van der Waals surface area contributed by atoms with Crippen molar-refractivity contribution in [3.63, 3.8) is 0 Å². The first-order chi connectivity index (χ1) is 4.34. The molecule has 9 heavy (non-hydrogen) atoms. The molecule has 0 aliphatic rings. The number of nitrogens with zero attached hydrogens (tertiary/aromatic N) is 1. The molecule has 1 aromatic heterocycles. The molecule has 50 valence electrons. The van der Waals surface area contributed by atoms with Crippen LogP contribution in [-0.2, 0) is 0 Å². The number of aryl methyl sites for hydroxylation is 1. The van der Waals surface area contributed by atoms with E-state index in [0.717, 1.165) is 5.75 Å². The number of H-pyrrole nitrogens is 1. The van der Waals surface area contributed by atoms with Gasteiger partial charge in [0.15, 0.2) is 0 Å². The van der Waals surface area contributed by atoms with E-state index in [-0.39, 0.29) is 0 Å². The van der Waals surface area contributed by atoms with Crippen molar-refractivity contribution >= 4 is 11.8 Å². The number of aromatic nitrogens is 2. The molecule has 0 saturated carbocycles. The van der Waals surface area contributed by atoms with Gasteiger partial charge >= 0.3 is 0 Å². The Hall–Kier alpha value is -0.440. The van der Waals surface area contributed by atoms with Gasteiger partial charge in [-0.05, 0) is 12.7 Å². The van der Waals surface area contributed by atoms with E-state index < -0.39 is 0 Å². The fourth-order valence-corrected chi connectivity index (χ4v) is 1.31. The lowest BCUT2D eigenvalue weighted by Crippen LogP contribution is -1.74. The van der Waals surface area contributed by atoms with Gasteiger partial charge in [-0.1, -0.05) is 6.92 Å².